The molecule has 0 saturated carbocycles. The minimum atomic E-state index is -0.0600. The van der Waals surface area contributed by atoms with Crippen molar-refractivity contribution < 1.29 is 18.8 Å². The van der Waals surface area contributed by atoms with Gasteiger partial charge in [0, 0.05) is 17.0 Å². The third kappa shape index (κ3) is 5.07. The number of rotatable bonds is 8. The molecule has 0 aliphatic rings. The SMILES string of the molecule is COc1ccccc1Oc1ccc(NC(=O)CSCc2c(C)noc2C)cc1. The maximum atomic E-state index is 12.2. The molecular formula is C21H22N2O4S. The molecule has 1 amide bonds. The van der Waals surface area contributed by atoms with E-state index in [1.807, 2.05) is 50.2 Å². The van der Waals surface area contributed by atoms with E-state index in [-0.39, 0.29) is 5.91 Å². The number of hydrogen-bond donors (Lipinski definition) is 1. The van der Waals surface area contributed by atoms with Gasteiger partial charge in [-0.1, -0.05) is 17.3 Å². The van der Waals surface area contributed by atoms with E-state index < -0.39 is 0 Å². The van der Waals surface area contributed by atoms with E-state index in [4.69, 9.17) is 14.0 Å². The van der Waals surface area contributed by atoms with Gasteiger partial charge in [-0.3, -0.25) is 4.79 Å². The second-order valence-electron chi connectivity index (χ2n) is 6.12. The molecule has 0 aliphatic heterocycles. The van der Waals surface area contributed by atoms with Crippen LogP contribution in [0.1, 0.15) is 17.0 Å². The molecule has 3 aromatic rings. The Morgan fingerprint density at radius 2 is 1.82 bits per heavy atom. The number of aryl methyl sites for hydroxylation is 2. The quantitative estimate of drug-likeness (QED) is 0.578. The molecule has 1 N–H and O–H groups in total. The molecule has 0 fully saturated rings. The van der Waals surface area contributed by atoms with Gasteiger partial charge in [0.2, 0.25) is 5.91 Å². The van der Waals surface area contributed by atoms with Gasteiger partial charge in [-0.25, -0.2) is 0 Å². The first kappa shape index (κ1) is 19.8. The molecule has 1 aromatic heterocycles. The third-order valence-corrected chi connectivity index (χ3v) is 5.05. The van der Waals surface area contributed by atoms with Crippen LogP contribution >= 0.6 is 11.8 Å². The van der Waals surface area contributed by atoms with Crippen molar-refractivity contribution in [1.29, 1.82) is 0 Å². The number of ether oxygens (including phenoxy) is 2. The largest absolute Gasteiger partial charge is 0.493 e. The fraction of sp³-hybridized carbons (Fsp3) is 0.238. The standard InChI is InChI=1S/C21H22N2O4S/c1-14-18(15(2)27-23-14)12-28-13-21(24)22-16-8-10-17(11-9-16)26-20-7-5-4-6-19(20)25-3/h4-11H,12-13H2,1-3H3,(H,22,24). The Kier molecular flexibility index (Phi) is 6.60. The average molecular weight is 398 g/mol. The average Bonchev–Trinajstić information content (AvgIpc) is 3.02. The van der Waals surface area contributed by atoms with Crippen molar-refractivity contribution >= 4 is 23.4 Å². The van der Waals surface area contributed by atoms with Gasteiger partial charge in [0.25, 0.3) is 0 Å². The summed E-state index contributed by atoms with van der Waals surface area (Å²) in [7, 11) is 1.60. The highest BCUT2D eigenvalue weighted by atomic mass is 32.2. The Morgan fingerprint density at radius 1 is 1.11 bits per heavy atom. The van der Waals surface area contributed by atoms with Crippen molar-refractivity contribution in [2.45, 2.75) is 19.6 Å². The highest BCUT2D eigenvalue weighted by Gasteiger charge is 2.10. The van der Waals surface area contributed by atoms with Gasteiger partial charge in [-0.2, -0.15) is 0 Å². The van der Waals surface area contributed by atoms with Crippen LogP contribution in [0.25, 0.3) is 0 Å². The first-order valence-electron chi connectivity index (χ1n) is 8.77. The monoisotopic (exact) mass is 398 g/mol. The molecule has 7 heteroatoms. The predicted octanol–water partition coefficient (Wildman–Crippen LogP) is 4.96. The Morgan fingerprint density at radius 3 is 2.46 bits per heavy atom. The number of hydrogen-bond acceptors (Lipinski definition) is 6. The zero-order valence-electron chi connectivity index (χ0n) is 16.0. The summed E-state index contributed by atoms with van der Waals surface area (Å²) in [6, 6.07) is 14.7. The van der Waals surface area contributed by atoms with E-state index in [0.717, 1.165) is 22.7 Å². The second kappa shape index (κ2) is 9.32. The van der Waals surface area contributed by atoms with Gasteiger partial charge in [0.1, 0.15) is 11.5 Å². The summed E-state index contributed by atoms with van der Waals surface area (Å²) in [6.07, 6.45) is 0. The van der Waals surface area contributed by atoms with E-state index >= 15 is 0 Å². The topological polar surface area (TPSA) is 73.6 Å². The second-order valence-corrected chi connectivity index (χ2v) is 7.11. The van der Waals surface area contributed by atoms with Crippen LogP contribution in [-0.4, -0.2) is 23.9 Å². The molecule has 1 heterocycles. The lowest BCUT2D eigenvalue weighted by Crippen LogP contribution is -2.14. The molecule has 28 heavy (non-hydrogen) atoms. The van der Waals surface area contributed by atoms with Crippen molar-refractivity contribution in [3.05, 3.63) is 65.5 Å². The summed E-state index contributed by atoms with van der Waals surface area (Å²) in [5.74, 6) is 3.75. The van der Waals surface area contributed by atoms with Crippen LogP contribution < -0.4 is 14.8 Å². The zero-order chi connectivity index (χ0) is 19.9. The minimum Gasteiger partial charge on any atom is -0.493 e. The summed E-state index contributed by atoms with van der Waals surface area (Å²) in [4.78, 5) is 12.2. The van der Waals surface area contributed by atoms with Crippen LogP contribution in [0.2, 0.25) is 0 Å². The van der Waals surface area contributed by atoms with Gasteiger partial charge < -0.3 is 19.3 Å². The predicted molar refractivity (Wildman–Crippen MR) is 110 cm³/mol. The van der Waals surface area contributed by atoms with Crippen LogP contribution in [0.4, 0.5) is 5.69 Å². The Balaban J connectivity index is 1.50. The van der Waals surface area contributed by atoms with Gasteiger partial charge in [0.15, 0.2) is 11.5 Å². The maximum Gasteiger partial charge on any atom is 0.234 e. The summed E-state index contributed by atoms with van der Waals surface area (Å²) < 4.78 is 16.2. The van der Waals surface area contributed by atoms with E-state index in [0.29, 0.717) is 28.8 Å². The van der Waals surface area contributed by atoms with Gasteiger partial charge in [-0.05, 0) is 50.2 Å². The fourth-order valence-electron chi connectivity index (χ4n) is 2.59. The highest BCUT2D eigenvalue weighted by Crippen LogP contribution is 2.31. The van der Waals surface area contributed by atoms with E-state index in [2.05, 4.69) is 10.5 Å². The molecule has 0 radical (unpaired) electrons. The van der Waals surface area contributed by atoms with Crippen LogP contribution in [0.15, 0.2) is 53.1 Å². The first-order chi connectivity index (χ1) is 13.6. The molecule has 0 atom stereocenters. The summed E-state index contributed by atoms with van der Waals surface area (Å²) in [6.45, 7) is 3.78. The van der Waals surface area contributed by atoms with E-state index in [1.165, 1.54) is 11.8 Å². The molecule has 146 valence electrons. The molecule has 0 aliphatic carbocycles. The van der Waals surface area contributed by atoms with E-state index in [9.17, 15) is 4.79 Å². The molecule has 3 rings (SSSR count). The molecule has 0 unspecified atom stereocenters. The number of carbonyl (C=O) groups excluding carboxylic acids is 1. The van der Waals surface area contributed by atoms with Gasteiger partial charge >= 0.3 is 0 Å². The number of nitrogens with zero attached hydrogens (tertiary/aromatic N) is 1. The lowest BCUT2D eigenvalue weighted by molar-refractivity contribution is -0.113. The lowest BCUT2D eigenvalue weighted by Gasteiger charge is -2.11. The lowest BCUT2D eigenvalue weighted by atomic mass is 10.2. The van der Waals surface area contributed by atoms with E-state index in [1.54, 1.807) is 19.2 Å². The summed E-state index contributed by atoms with van der Waals surface area (Å²) in [5.41, 5.74) is 2.64. The summed E-state index contributed by atoms with van der Waals surface area (Å²) in [5, 5.41) is 6.81. The van der Waals surface area contributed by atoms with Gasteiger partial charge in [0.05, 0.1) is 18.6 Å². The molecule has 6 nitrogen and oxygen atoms in total. The highest BCUT2D eigenvalue weighted by molar-refractivity contribution is 7.99. The number of methoxy groups -OCH3 is 1. The fourth-order valence-corrected chi connectivity index (χ4v) is 3.56. The number of amides is 1. The first-order valence-corrected chi connectivity index (χ1v) is 9.92. The van der Waals surface area contributed by atoms with Crippen molar-refractivity contribution in [2.24, 2.45) is 0 Å². The molecule has 0 saturated heterocycles. The van der Waals surface area contributed by atoms with Crippen molar-refractivity contribution in [3.63, 3.8) is 0 Å². The number of aromatic nitrogens is 1. The number of anilines is 1. The Bertz CT molecular complexity index is 918. The smallest absolute Gasteiger partial charge is 0.234 e. The Hall–Kier alpha value is -2.93. The minimum absolute atomic E-state index is 0.0600. The van der Waals surface area contributed by atoms with Crippen LogP contribution in [0, 0.1) is 13.8 Å². The van der Waals surface area contributed by atoms with Gasteiger partial charge in [-0.15, -0.1) is 11.8 Å². The number of para-hydroxylation sites is 2. The van der Waals surface area contributed by atoms with Crippen LogP contribution in [0.3, 0.4) is 0 Å². The molecular weight excluding hydrogens is 376 g/mol. The summed E-state index contributed by atoms with van der Waals surface area (Å²) >= 11 is 1.53. The number of thioether (sulfide) groups is 1. The van der Waals surface area contributed by atoms with Crippen LogP contribution in [-0.2, 0) is 10.5 Å². The van der Waals surface area contributed by atoms with Crippen molar-refractivity contribution in [3.8, 4) is 17.2 Å². The zero-order valence-corrected chi connectivity index (χ0v) is 16.8. The maximum absolute atomic E-state index is 12.2. The third-order valence-electron chi connectivity index (χ3n) is 4.10. The number of benzene rings is 2. The van der Waals surface area contributed by atoms with Crippen LogP contribution in [0.5, 0.6) is 17.2 Å². The normalized spacial score (nSPS) is 10.5. The number of nitrogens with one attached hydrogen (secondary N) is 1. The van der Waals surface area contributed by atoms with Crippen molar-refractivity contribution in [1.82, 2.24) is 5.16 Å². The number of carbonyl (C=O) groups is 1. The molecule has 2 aromatic carbocycles. The van der Waals surface area contributed by atoms with Crippen molar-refractivity contribution in [2.75, 3.05) is 18.2 Å². The molecule has 0 spiro atoms. The molecule has 0 bridgehead atoms. The Labute approximate surface area is 168 Å².